The van der Waals surface area contributed by atoms with Gasteiger partial charge >= 0.3 is 0 Å². The molecule has 2 amide bonds. The molecule has 2 heterocycles. The predicted octanol–water partition coefficient (Wildman–Crippen LogP) is 3.49. The van der Waals surface area contributed by atoms with Gasteiger partial charge in [0.2, 0.25) is 0 Å². The molecular weight excluding hydrogens is 378 g/mol. The van der Waals surface area contributed by atoms with E-state index in [0.29, 0.717) is 33.5 Å². The van der Waals surface area contributed by atoms with Crippen LogP contribution in [0.3, 0.4) is 0 Å². The summed E-state index contributed by atoms with van der Waals surface area (Å²) in [6, 6.07) is 21.3. The Bertz CT molecular complexity index is 1370. The number of carbonyl (C=O) groups excluding carboxylic acids is 2. The van der Waals surface area contributed by atoms with Crippen LogP contribution in [-0.4, -0.2) is 26.3 Å². The monoisotopic (exact) mass is 395 g/mol. The normalized spacial score (nSPS) is 13.2. The van der Waals surface area contributed by atoms with Crippen LogP contribution in [0.4, 0.5) is 0 Å². The van der Waals surface area contributed by atoms with Crippen molar-refractivity contribution in [2.45, 2.75) is 13.5 Å². The first kappa shape index (κ1) is 18.0. The maximum atomic E-state index is 13.4. The molecule has 0 spiro atoms. The highest BCUT2D eigenvalue weighted by atomic mass is 16.2. The summed E-state index contributed by atoms with van der Waals surface area (Å²) in [6.07, 6.45) is 0. The van der Waals surface area contributed by atoms with Crippen LogP contribution in [0.15, 0.2) is 77.6 Å². The summed E-state index contributed by atoms with van der Waals surface area (Å²) in [6.45, 7) is 1.84. The van der Waals surface area contributed by atoms with Gasteiger partial charge in [-0.05, 0) is 48.9 Å². The zero-order valence-corrected chi connectivity index (χ0v) is 16.2. The fraction of sp³-hybridized carbons (Fsp3) is 0.0833. The van der Waals surface area contributed by atoms with Gasteiger partial charge < -0.3 is 0 Å². The van der Waals surface area contributed by atoms with Crippen molar-refractivity contribution in [2.24, 2.45) is 0 Å². The molecule has 0 radical (unpaired) electrons. The molecule has 0 saturated carbocycles. The van der Waals surface area contributed by atoms with E-state index in [1.54, 1.807) is 48.5 Å². The summed E-state index contributed by atoms with van der Waals surface area (Å²) in [5, 5.41) is 0.477. The van der Waals surface area contributed by atoms with Crippen LogP contribution in [-0.2, 0) is 6.54 Å². The van der Waals surface area contributed by atoms with Crippen molar-refractivity contribution in [1.29, 1.82) is 0 Å². The molecule has 3 aromatic carbocycles. The average Bonchev–Trinajstić information content (AvgIpc) is 2.99. The van der Waals surface area contributed by atoms with Gasteiger partial charge in [-0.1, -0.05) is 36.4 Å². The topological polar surface area (TPSA) is 72.3 Å². The van der Waals surface area contributed by atoms with Crippen LogP contribution in [0.5, 0.6) is 0 Å². The van der Waals surface area contributed by atoms with Crippen LogP contribution < -0.4 is 5.56 Å². The van der Waals surface area contributed by atoms with Crippen LogP contribution in [0, 0.1) is 6.92 Å². The van der Waals surface area contributed by atoms with Crippen molar-refractivity contribution < 1.29 is 9.59 Å². The van der Waals surface area contributed by atoms with Gasteiger partial charge in [-0.25, -0.2) is 4.98 Å². The Morgan fingerprint density at radius 2 is 1.47 bits per heavy atom. The van der Waals surface area contributed by atoms with Gasteiger partial charge in [-0.15, -0.1) is 0 Å². The number of hydrogen-bond acceptors (Lipinski definition) is 4. The summed E-state index contributed by atoms with van der Waals surface area (Å²) in [5.41, 5.74) is 2.65. The number of nitrogens with zero attached hydrogens (tertiary/aromatic N) is 3. The molecule has 6 heteroatoms. The lowest BCUT2D eigenvalue weighted by molar-refractivity contribution is 0.0637. The fourth-order valence-electron chi connectivity index (χ4n) is 3.84. The van der Waals surface area contributed by atoms with Gasteiger partial charge in [0.15, 0.2) is 0 Å². The van der Waals surface area contributed by atoms with E-state index in [1.807, 2.05) is 31.2 Å². The number of aromatic nitrogens is 2. The highest BCUT2D eigenvalue weighted by molar-refractivity contribution is 6.21. The van der Waals surface area contributed by atoms with Gasteiger partial charge in [0.05, 0.1) is 34.3 Å². The molecule has 1 aliphatic heterocycles. The van der Waals surface area contributed by atoms with E-state index in [-0.39, 0.29) is 23.9 Å². The Kier molecular flexibility index (Phi) is 4.06. The lowest BCUT2D eigenvalue weighted by atomic mass is 10.1. The number of rotatable bonds is 3. The molecule has 0 aliphatic carbocycles. The minimum Gasteiger partial charge on any atom is -0.269 e. The first-order valence-corrected chi connectivity index (χ1v) is 9.57. The number of benzene rings is 3. The fourth-order valence-corrected chi connectivity index (χ4v) is 3.84. The first-order valence-electron chi connectivity index (χ1n) is 9.57. The standard InChI is InChI=1S/C24H17N3O3/c1-15-7-6-8-16(13-15)27-21(25-20-12-5-4-11-19(20)24(27)30)14-26-22(28)17-9-2-3-10-18(17)23(26)29/h2-13H,14H2,1H3. The summed E-state index contributed by atoms with van der Waals surface area (Å²) in [5.74, 6) is -0.429. The smallest absolute Gasteiger partial charge is 0.266 e. The molecule has 30 heavy (non-hydrogen) atoms. The van der Waals surface area contributed by atoms with Crippen molar-refractivity contribution in [3.05, 3.63) is 106 Å². The molecular formula is C24H17N3O3. The molecule has 1 aliphatic rings. The zero-order valence-electron chi connectivity index (χ0n) is 16.2. The molecule has 0 atom stereocenters. The van der Waals surface area contributed by atoms with Crippen molar-refractivity contribution in [2.75, 3.05) is 0 Å². The van der Waals surface area contributed by atoms with E-state index >= 15 is 0 Å². The molecule has 0 fully saturated rings. The molecule has 146 valence electrons. The third kappa shape index (κ3) is 2.73. The lowest BCUT2D eigenvalue weighted by Gasteiger charge is -2.18. The number of fused-ring (bicyclic) bond motifs is 2. The van der Waals surface area contributed by atoms with E-state index in [9.17, 15) is 14.4 Å². The molecule has 0 unspecified atom stereocenters. The Morgan fingerprint density at radius 1 is 0.800 bits per heavy atom. The quantitative estimate of drug-likeness (QED) is 0.498. The maximum absolute atomic E-state index is 13.4. The van der Waals surface area contributed by atoms with Crippen LogP contribution in [0.2, 0.25) is 0 Å². The zero-order chi connectivity index (χ0) is 20.8. The summed E-state index contributed by atoms with van der Waals surface area (Å²) in [4.78, 5) is 44.9. The maximum Gasteiger partial charge on any atom is 0.266 e. The summed E-state index contributed by atoms with van der Waals surface area (Å²) < 4.78 is 1.48. The number of hydrogen-bond donors (Lipinski definition) is 0. The van der Waals surface area contributed by atoms with Gasteiger partial charge in [-0.2, -0.15) is 0 Å². The number of para-hydroxylation sites is 1. The van der Waals surface area contributed by atoms with Gasteiger partial charge in [0.1, 0.15) is 5.82 Å². The minimum atomic E-state index is -0.381. The third-order valence-electron chi connectivity index (χ3n) is 5.28. The Hall–Kier alpha value is -4.06. The highest BCUT2D eigenvalue weighted by Crippen LogP contribution is 2.25. The molecule has 0 saturated heterocycles. The Balaban J connectivity index is 1.70. The Labute approximate surface area is 172 Å². The second-order valence-electron chi connectivity index (χ2n) is 7.27. The third-order valence-corrected chi connectivity index (χ3v) is 5.28. The molecule has 0 bridgehead atoms. The molecule has 6 nitrogen and oxygen atoms in total. The SMILES string of the molecule is Cc1cccc(-n2c(CN3C(=O)c4ccccc4C3=O)nc3ccccc3c2=O)c1. The largest absolute Gasteiger partial charge is 0.269 e. The highest BCUT2D eigenvalue weighted by Gasteiger charge is 2.36. The minimum absolute atomic E-state index is 0.0969. The van der Waals surface area contributed by atoms with E-state index in [0.717, 1.165) is 10.5 Å². The number of aryl methyl sites for hydroxylation is 1. The number of amides is 2. The van der Waals surface area contributed by atoms with Crippen LogP contribution in [0.1, 0.15) is 32.1 Å². The van der Waals surface area contributed by atoms with Gasteiger partial charge in [-0.3, -0.25) is 23.9 Å². The van der Waals surface area contributed by atoms with Crippen molar-refractivity contribution in [1.82, 2.24) is 14.5 Å². The van der Waals surface area contributed by atoms with Gasteiger partial charge in [0.25, 0.3) is 17.4 Å². The van der Waals surface area contributed by atoms with Crippen molar-refractivity contribution in [3.63, 3.8) is 0 Å². The second-order valence-corrected chi connectivity index (χ2v) is 7.27. The van der Waals surface area contributed by atoms with E-state index in [2.05, 4.69) is 4.98 Å². The predicted molar refractivity (Wildman–Crippen MR) is 113 cm³/mol. The van der Waals surface area contributed by atoms with Crippen LogP contribution in [0.25, 0.3) is 16.6 Å². The Morgan fingerprint density at radius 3 is 2.17 bits per heavy atom. The number of carbonyl (C=O) groups is 2. The van der Waals surface area contributed by atoms with Gasteiger partial charge in [0, 0.05) is 0 Å². The lowest BCUT2D eigenvalue weighted by Crippen LogP contribution is -2.33. The summed E-state index contributed by atoms with van der Waals surface area (Å²) >= 11 is 0. The van der Waals surface area contributed by atoms with E-state index in [1.165, 1.54) is 4.57 Å². The molecule has 1 aromatic heterocycles. The molecule has 5 rings (SSSR count). The van der Waals surface area contributed by atoms with E-state index < -0.39 is 0 Å². The van der Waals surface area contributed by atoms with E-state index in [4.69, 9.17) is 0 Å². The number of imide groups is 1. The first-order chi connectivity index (χ1) is 14.5. The molecule has 0 N–H and O–H groups in total. The summed E-state index contributed by atoms with van der Waals surface area (Å²) in [7, 11) is 0. The second kappa shape index (κ2) is 6.77. The van der Waals surface area contributed by atoms with Crippen LogP contribution >= 0.6 is 0 Å². The molecule has 4 aromatic rings. The van der Waals surface area contributed by atoms with Crippen molar-refractivity contribution in [3.8, 4) is 5.69 Å². The average molecular weight is 395 g/mol. The van der Waals surface area contributed by atoms with Crippen molar-refractivity contribution >= 4 is 22.7 Å².